The topological polar surface area (TPSA) is 125 Å². The number of amides is 2. The van der Waals surface area contributed by atoms with Gasteiger partial charge in [-0.3, -0.25) is 4.90 Å². The third-order valence-electron chi connectivity index (χ3n) is 5.42. The zero-order chi connectivity index (χ0) is 27.8. The van der Waals surface area contributed by atoms with Gasteiger partial charge in [0.25, 0.3) is 0 Å². The van der Waals surface area contributed by atoms with Gasteiger partial charge in [-0.15, -0.1) is 0 Å². The van der Waals surface area contributed by atoms with Crippen LogP contribution in [0.4, 0.5) is 28.0 Å². The Bertz CT molecular complexity index is 1080. The van der Waals surface area contributed by atoms with E-state index in [1.54, 1.807) is 18.2 Å². The molecule has 2 aromatic carbocycles. The van der Waals surface area contributed by atoms with E-state index in [9.17, 15) is 27.5 Å². The molecule has 1 saturated heterocycles. The van der Waals surface area contributed by atoms with E-state index in [4.69, 9.17) is 43.6 Å². The number of hydrogen-bond donors (Lipinski definition) is 4. The number of rotatable bonds is 7. The van der Waals surface area contributed by atoms with Crippen molar-refractivity contribution in [3.05, 3.63) is 57.8 Å². The van der Waals surface area contributed by atoms with Gasteiger partial charge in [0.05, 0.1) is 16.8 Å². The number of likely N-dealkylation sites (tertiary alicyclic amines) is 1. The summed E-state index contributed by atoms with van der Waals surface area (Å²) < 4.78 is 51.1. The molecule has 1 unspecified atom stereocenters. The molecule has 0 radical (unpaired) electrons. The summed E-state index contributed by atoms with van der Waals surface area (Å²) in [6.45, 7) is 2.31. The van der Waals surface area contributed by atoms with E-state index < -0.39 is 30.1 Å². The summed E-state index contributed by atoms with van der Waals surface area (Å²) in [5, 5.41) is 20.7. The van der Waals surface area contributed by atoms with Crippen LogP contribution in [0.5, 0.6) is 5.75 Å². The van der Waals surface area contributed by atoms with Crippen molar-refractivity contribution < 1.29 is 42.1 Å². The lowest BCUT2D eigenvalue weighted by Gasteiger charge is -2.34. The van der Waals surface area contributed by atoms with Gasteiger partial charge in [0.1, 0.15) is 18.2 Å². The Balaban J connectivity index is 0.000000604. The van der Waals surface area contributed by atoms with Crippen LogP contribution in [0.15, 0.2) is 36.4 Å². The first-order chi connectivity index (χ1) is 17.3. The first-order valence-corrected chi connectivity index (χ1v) is 11.6. The summed E-state index contributed by atoms with van der Waals surface area (Å²) in [5.41, 5.74) is 6.40. The lowest BCUT2D eigenvalue weighted by molar-refractivity contribution is -0.192. The molecule has 14 heteroatoms. The number of benzene rings is 2. The summed E-state index contributed by atoms with van der Waals surface area (Å²) >= 11 is 11.7. The van der Waals surface area contributed by atoms with Crippen molar-refractivity contribution in [2.45, 2.75) is 31.7 Å². The number of carbonyl (C=O) groups is 2. The molecule has 5 N–H and O–H groups in total. The molecule has 0 aromatic heterocycles. The largest absolute Gasteiger partial charge is 0.490 e. The average molecular weight is 570 g/mol. The first kappa shape index (κ1) is 30.4. The second kappa shape index (κ2) is 13.7. The third kappa shape index (κ3) is 10.2. The van der Waals surface area contributed by atoms with Crippen molar-refractivity contribution in [2.75, 3.05) is 25.0 Å². The van der Waals surface area contributed by atoms with E-state index in [-0.39, 0.29) is 17.5 Å². The Labute approximate surface area is 219 Å². The fourth-order valence-corrected chi connectivity index (χ4v) is 3.85. The molecular weight excluding hydrogens is 545 g/mol. The molecule has 37 heavy (non-hydrogen) atoms. The van der Waals surface area contributed by atoms with Gasteiger partial charge in [-0.1, -0.05) is 29.3 Å². The van der Waals surface area contributed by atoms with Gasteiger partial charge in [0.15, 0.2) is 0 Å². The number of carboxylic acid groups (broad SMARTS) is 1. The Morgan fingerprint density at radius 2 is 1.78 bits per heavy atom. The van der Waals surface area contributed by atoms with Gasteiger partial charge in [0, 0.05) is 11.6 Å². The molecule has 8 nitrogen and oxygen atoms in total. The number of halogens is 6. The molecule has 0 bridgehead atoms. The predicted molar refractivity (Wildman–Crippen MR) is 129 cm³/mol. The van der Waals surface area contributed by atoms with Crippen LogP contribution < -0.4 is 15.8 Å². The van der Waals surface area contributed by atoms with E-state index in [0.29, 0.717) is 23.0 Å². The number of aliphatic hydroxyl groups is 1. The maximum Gasteiger partial charge on any atom is 0.490 e. The third-order valence-corrected chi connectivity index (χ3v) is 5.96. The molecular formula is C23H25Cl2F4N3O5. The van der Waals surface area contributed by atoms with Gasteiger partial charge < -0.3 is 26.0 Å². The molecule has 3 rings (SSSR count). The molecule has 2 aromatic rings. The van der Waals surface area contributed by atoms with Crippen LogP contribution >= 0.6 is 23.2 Å². The highest BCUT2D eigenvalue weighted by Crippen LogP contribution is 2.29. The summed E-state index contributed by atoms with van der Waals surface area (Å²) in [4.78, 5) is 22.3. The monoisotopic (exact) mass is 569 g/mol. The summed E-state index contributed by atoms with van der Waals surface area (Å²) in [5.74, 6) is -2.70. The van der Waals surface area contributed by atoms with E-state index in [1.165, 1.54) is 12.1 Å². The fraction of sp³-hybridized carbons (Fsp3) is 0.391. The number of alkyl halides is 3. The zero-order valence-corrected chi connectivity index (χ0v) is 20.8. The summed E-state index contributed by atoms with van der Waals surface area (Å²) in [7, 11) is 0. The molecule has 1 fully saturated rings. The normalized spacial score (nSPS) is 15.3. The highest BCUT2D eigenvalue weighted by atomic mass is 35.5. The second-order valence-electron chi connectivity index (χ2n) is 8.17. The Hall–Kier alpha value is -2.80. The molecule has 0 saturated carbocycles. The van der Waals surface area contributed by atoms with Crippen molar-refractivity contribution in [3.8, 4) is 5.75 Å². The van der Waals surface area contributed by atoms with Crippen LogP contribution in [0.1, 0.15) is 18.4 Å². The molecule has 1 atom stereocenters. The Kier molecular flexibility index (Phi) is 11.2. The number of aliphatic carboxylic acids is 1. The van der Waals surface area contributed by atoms with E-state index >= 15 is 0 Å². The molecule has 2 amide bonds. The SMILES string of the molecule is NC(=O)Nc1cc(Cl)ccc1OCC(O)C1CCN(Cc2ccc(Cl)c(F)c2)CC1.O=C(O)C(F)(F)F. The van der Waals surface area contributed by atoms with Crippen molar-refractivity contribution in [1.29, 1.82) is 0 Å². The van der Waals surface area contributed by atoms with Crippen LogP contribution in [0.3, 0.4) is 0 Å². The van der Waals surface area contributed by atoms with Crippen molar-refractivity contribution in [1.82, 2.24) is 4.90 Å². The number of nitrogens with two attached hydrogens (primary N) is 1. The van der Waals surface area contributed by atoms with E-state index in [0.717, 1.165) is 31.5 Å². The number of aliphatic hydroxyl groups excluding tert-OH is 1. The summed E-state index contributed by atoms with van der Waals surface area (Å²) in [6.07, 6.45) is -4.14. The number of ether oxygens (including phenoxy) is 1. The standard InChI is InChI=1S/C21H24Cl2FN3O3.C2HF3O2/c22-15-2-4-20(18(10-15)26-21(25)29)30-12-19(28)14-5-7-27(8-6-14)11-13-1-3-16(23)17(24)9-13;3-2(4,5)1(6)7/h1-4,9-10,14,19,28H,5-8,11-12H2,(H3,25,26,29);(H,6,7). The minimum absolute atomic E-state index is 0.0855. The quantitative estimate of drug-likeness (QED) is 0.351. The number of carboxylic acids is 1. The molecule has 204 valence electrons. The van der Waals surface area contributed by atoms with Crippen molar-refractivity contribution >= 4 is 40.9 Å². The minimum Gasteiger partial charge on any atom is -0.489 e. The Morgan fingerprint density at radius 1 is 1.16 bits per heavy atom. The predicted octanol–water partition coefficient (Wildman–Crippen LogP) is 4.91. The van der Waals surface area contributed by atoms with Crippen LogP contribution in [0.2, 0.25) is 10.0 Å². The van der Waals surface area contributed by atoms with Gasteiger partial charge in [-0.05, 0) is 67.7 Å². The number of hydrogen-bond acceptors (Lipinski definition) is 5. The lowest BCUT2D eigenvalue weighted by Crippen LogP contribution is -2.39. The minimum atomic E-state index is -5.08. The maximum atomic E-state index is 13.6. The van der Waals surface area contributed by atoms with Crippen molar-refractivity contribution in [2.24, 2.45) is 11.7 Å². The number of nitrogens with zero attached hydrogens (tertiary/aromatic N) is 1. The van der Waals surface area contributed by atoms with Crippen LogP contribution in [-0.2, 0) is 11.3 Å². The second-order valence-corrected chi connectivity index (χ2v) is 9.02. The average Bonchev–Trinajstić information content (AvgIpc) is 2.80. The van der Waals surface area contributed by atoms with Crippen LogP contribution in [0.25, 0.3) is 0 Å². The lowest BCUT2D eigenvalue weighted by atomic mass is 9.91. The zero-order valence-electron chi connectivity index (χ0n) is 19.3. The molecule has 0 spiro atoms. The summed E-state index contributed by atoms with van der Waals surface area (Å²) in [6, 6.07) is 8.91. The number of urea groups is 1. The number of piperidine rings is 1. The fourth-order valence-electron chi connectivity index (χ4n) is 3.56. The highest BCUT2D eigenvalue weighted by Gasteiger charge is 2.38. The van der Waals surface area contributed by atoms with Gasteiger partial charge in [-0.25, -0.2) is 14.0 Å². The smallest absolute Gasteiger partial charge is 0.489 e. The number of nitrogens with one attached hydrogen (secondary N) is 1. The molecule has 1 heterocycles. The van der Waals surface area contributed by atoms with Gasteiger partial charge in [0.2, 0.25) is 0 Å². The molecule has 0 aliphatic carbocycles. The van der Waals surface area contributed by atoms with Crippen LogP contribution in [0, 0.1) is 11.7 Å². The maximum absolute atomic E-state index is 13.6. The number of carbonyl (C=O) groups excluding carboxylic acids is 1. The number of primary amides is 1. The van der Waals surface area contributed by atoms with E-state index in [1.807, 2.05) is 6.07 Å². The van der Waals surface area contributed by atoms with Gasteiger partial charge >= 0.3 is 18.2 Å². The van der Waals surface area contributed by atoms with Gasteiger partial charge in [-0.2, -0.15) is 13.2 Å². The molecule has 1 aliphatic heterocycles. The van der Waals surface area contributed by atoms with Crippen LogP contribution in [-0.4, -0.2) is 59.1 Å². The Morgan fingerprint density at radius 3 is 2.32 bits per heavy atom. The molecule has 1 aliphatic rings. The van der Waals surface area contributed by atoms with E-state index in [2.05, 4.69) is 10.2 Å². The van der Waals surface area contributed by atoms with Crippen molar-refractivity contribution in [3.63, 3.8) is 0 Å². The first-order valence-electron chi connectivity index (χ1n) is 10.9. The number of anilines is 1. The highest BCUT2D eigenvalue weighted by molar-refractivity contribution is 6.31.